The zero-order valence-electron chi connectivity index (χ0n) is 16.7. The average Bonchev–Trinajstić information content (AvgIpc) is 3.17. The zero-order valence-corrected chi connectivity index (χ0v) is 17.6. The Kier molecular flexibility index (Phi) is 7.62. The molecule has 0 amide bonds. The van der Waals surface area contributed by atoms with Crippen molar-refractivity contribution in [2.75, 3.05) is 13.2 Å². The van der Waals surface area contributed by atoms with Crippen molar-refractivity contribution in [2.24, 2.45) is 0 Å². The maximum atomic E-state index is 12.4. The SMILES string of the molecule is CCOC(=O)C(Sc1nnc(-c2ccncc2)n1C1CCCCC1)C(=O)OCC. The van der Waals surface area contributed by atoms with E-state index in [0.29, 0.717) is 11.0 Å². The molecule has 0 atom stereocenters. The molecule has 0 unspecified atom stereocenters. The first-order valence-corrected chi connectivity index (χ1v) is 10.9. The number of hydrogen-bond acceptors (Lipinski definition) is 8. The van der Waals surface area contributed by atoms with Gasteiger partial charge in [0, 0.05) is 24.0 Å². The highest BCUT2D eigenvalue weighted by molar-refractivity contribution is 8.01. The lowest BCUT2D eigenvalue weighted by molar-refractivity contribution is -0.152. The van der Waals surface area contributed by atoms with Crippen LogP contribution in [0.5, 0.6) is 0 Å². The predicted octanol–water partition coefficient (Wildman–Crippen LogP) is 3.43. The fraction of sp³-hybridized carbons (Fsp3) is 0.550. The Morgan fingerprint density at radius 1 is 1.07 bits per heavy atom. The monoisotopic (exact) mass is 418 g/mol. The fourth-order valence-electron chi connectivity index (χ4n) is 3.46. The number of carbonyl (C=O) groups is 2. The summed E-state index contributed by atoms with van der Waals surface area (Å²) >= 11 is 1.05. The number of nitrogens with zero attached hydrogens (tertiary/aromatic N) is 4. The Labute approximate surface area is 174 Å². The second-order valence-corrected chi connectivity index (χ2v) is 7.78. The Bertz CT molecular complexity index is 803. The van der Waals surface area contributed by atoms with Crippen molar-refractivity contribution < 1.29 is 19.1 Å². The van der Waals surface area contributed by atoms with Crippen LogP contribution in [0.25, 0.3) is 11.4 Å². The van der Waals surface area contributed by atoms with Crippen molar-refractivity contribution >= 4 is 23.7 Å². The van der Waals surface area contributed by atoms with Crippen LogP contribution in [0.1, 0.15) is 52.0 Å². The normalized spacial score (nSPS) is 14.7. The van der Waals surface area contributed by atoms with Gasteiger partial charge in [-0.3, -0.25) is 19.1 Å². The first kappa shape index (κ1) is 21.3. The topological polar surface area (TPSA) is 96.2 Å². The van der Waals surface area contributed by atoms with Crippen LogP contribution in [0.2, 0.25) is 0 Å². The Morgan fingerprint density at radius 2 is 1.69 bits per heavy atom. The van der Waals surface area contributed by atoms with Crippen molar-refractivity contribution in [1.82, 2.24) is 19.7 Å². The molecule has 2 aromatic rings. The largest absolute Gasteiger partial charge is 0.465 e. The lowest BCUT2D eigenvalue weighted by atomic mass is 9.95. The number of pyridine rings is 1. The Hall–Kier alpha value is -2.42. The maximum absolute atomic E-state index is 12.4. The van der Waals surface area contributed by atoms with Gasteiger partial charge in [0.25, 0.3) is 0 Å². The molecule has 0 radical (unpaired) electrons. The molecule has 0 saturated heterocycles. The summed E-state index contributed by atoms with van der Waals surface area (Å²) in [6, 6.07) is 3.98. The standard InChI is InChI=1S/C20H26N4O4S/c1-3-27-18(25)16(19(26)28-4-2)29-20-23-22-17(14-10-12-21-13-11-14)24(20)15-8-6-5-7-9-15/h10-13,15-16H,3-9H2,1-2H3. The molecule has 0 bridgehead atoms. The molecule has 1 aliphatic carbocycles. The van der Waals surface area contributed by atoms with Crippen LogP contribution in [-0.2, 0) is 19.1 Å². The molecule has 3 rings (SSSR count). The number of thioether (sulfide) groups is 1. The van der Waals surface area contributed by atoms with Gasteiger partial charge in [0.05, 0.1) is 13.2 Å². The molecule has 2 heterocycles. The van der Waals surface area contributed by atoms with Crippen molar-refractivity contribution in [3.63, 3.8) is 0 Å². The van der Waals surface area contributed by atoms with Crippen LogP contribution in [0, 0.1) is 0 Å². The van der Waals surface area contributed by atoms with E-state index in [1.807, 2.05) is 12.1 Å². The van der Waals surface area contributed by atoms with E-state index in [0.717, 1.165) is 43.0 Å². The van der Waals surface area contributed by atoms with Gasteiger partial charge in [0.2, 0.25) is 5.25 Å². The van der Waals surface area contributed by atoms with Gasteiger partial charge in [0.15, 0.2) is 11.0 Å². The van der Waals surface area contributed by atoms with E-state index < -0.39 is 17.2 Å². The minimum atomic E-state index is -1.13. The van der Waals surface area contributed by atoms with E-state index in [1.54, 1.807) is 26.2 Å². The summed E-state index contributed by atoms with van der Waals surface area (Å²) in [4.78, 5) is 28.9. The van der Waals surface area contributed by atoms with Gasteiger partial charge in [-0.1, -0.05) is 31.0 Å². The van der Waals surface area contributed by atoms with Crippen LogP contribution in [0.15, 0.2) is 29.7 Å². The lowest BCUT2D eigenvalue weighted by Gasteiger charge is -2.26. The van der Waals surface area contributed by atoms with Crippen LogP contribution in [0.3, 0.4) is 0 Å². The highest BCUT2D eigenvalue weighted by Gasteiger charge is 2.34. The van der Waals surface area contributed by atoms with E-state index in [4.69, 9.17) is 9.47 Å². The summed E-state index contributed by atoms with van der Waals surface area (Å²) in [5.74, 6) is -0.535. The number of ether oxygens (including phenoxy) is 2. The quantitative estimate of drug-likeness (QED) is 0.365. The Balaban J connectivity index is 1.97. The van der Waals surface area contributed by atoms with Crippen LogP contribution >= 0.6 is 11.8 Å². The highest BCUT2D eigenvalue weighted by Crippen LogP contribution is 2.36. The molecule has 8 nitrogen and oxygen atoms in total. The van der Waals surface area contributed by atoms with Gasteiger partial charge in [-0.15, -0.1) is 10.2 Å². The molecule has 1 saturated carbocycles. The third-order valence-corrected chi connectivity index (χ3v) is 5.88. The molecule has 2 aromatic heterocycles. The smallest absolute Gasteiger partial charge is 0.331 e. The van der Waals surface area contributed by atoms with E-state index in [2.05, 4.69) is 19.7 Å². The average molecular weight is 419 g/mol. The summed E-state index contributed by atoms with van der Waals surface area (Å²) in [6.45, 7) is 3.79. The number of esters is 2. The summed E-state index contributed by atoms with van der Waals surface area (Å²) in [5.41, 5.74) is 0.897. The summed E-state index contributed by atoms with van der Waals surface area (Å²) in [5, 5.41) is 8.11. The molecule has 156 valence electrons. The fourth-order valence-corrected chi connectivity index (χ4v) is 4.43. The molecule has 0 aromatic carbocycles. The van der Waals surface area contributed by atoms with E-state index in [-0.39, 0.29) is 19.3 Å². The van der Waals surface area contributed by atoms with E-state index in [9.17, 15) is 9.59 Å². The summed E-state index contributed by atoms with van der Waals surface area (Å²) in [7, 11) is 0. The van der Waals surface area contributed by atoms with E-state index in [1.165, 1.54) is 6.42 Å². The van der Waals surface area contributed by atoms with Crippen molar-refractivity contribution in [3.8, 4) is 11.4 Å². The second kappa shape index (κ2) is 10.4. The van der Waals surface area contributed by atoms with Crippen molar-refractivity contribution in [2.45, 2.75) is 62.4 Å². The second-order valence-electron chi connectivity index (χ2n) is 6.71. The van der Waals surface area contributed by atoms with Gasteiger partial charge >= 0.3 is 11.9 Å². The number of rotatable bonds is 8. The van der Waals surface area contributed by atoms with Gasteiger partial charge in [0.1, 0.15) is 0 Å². The minimum Gasteiger partial charge on any atom is -0.465 e. The maximum Gasteiger partial charge on any atom is 0.331 e. The van der Waals surface area contributed by atoms with Gasteiger partial charge in [-0.2, -0.15) is 0 Å². The predicted molar refractivity (Wildman–Crippen MR) is 108 cm³/mol. The first-order chi connectivity index (χ1) is 14.2. The first-order valence-electron chi connectivity index (χ1n) is 10.0. The van der Waals surface area contributed by atoms with Crippen LogP contribution < -0.4 is 0 Å². The van der Waals surface area contributed by atoms with Gasteiger partial charge in [-0.25, -0.2) is 0 Å². The van der Waals surface area contributed by atoms with Crippen LogP contribution in [0.4, 0.5) is 0 Å². The number of carbonyl (C=O) groups excluding carboxylic acids is 2. The number of aromatic nitrogens is 4. The lowest BCUT2D eigenvalue weighted by Crippen LogP contribution is -2.31. The van der Waals surface area contributed by atoms with Crippen molar-refractivity contribution in [3.05, 3.63) is 24.5 Å². The van der Waals surface area contributed by atoms with Crippen molar-refractivity contribution in [1.29, 1.82) is 0 Å². The van der Waals surface area contributed by atoms with Gasteiger partial charge < -0.3 is 9.47 Å². The molecule has 29 heavy (non-hydrogen) atoms. The third kappa shape index (κ3) is 5.14. The third-order valence-electron chi connectivity index (χ3n) is 4.77. The Morgan fingerprint density at radius 3 is 2.28 bits per heavy atom. The zero-order chi connectivity index (χ0) is 20.6. The number of hydrogen-bond donors (Lipinski definition) is 0. The molecule has 0 N–H and O–H groups in total. The molecule has 1 aliphatic rings. The molecule has 0 spiro atoms. The van der Waals surface area contributed by atoms with Crippen LogP contribution in [-0.4, -0.2) is 50.2 Å². The minimum absolute atomic E-state index is 0.187. The van der Waals surface area contributed by atoms with E-state index >= 15 is 0 Å². The van der Waals surface area contributed by atoms with Gasteiger partial charge in [-0.05, 0) is 38.8 Å². The molecular formula is C20H26N4O4S. The summed E-state index contributed by atoms with van der Waals surface area (Å²) < 4.78 is 12.2. The highest BCUT2D eigenvalue weighted by atomic mass is 32.2. The molecular weight excluding hydrogens is 392 g/mol. The summed E-state index contributed by atoms with van der Waals surface area (Å²) in [6.07, 6.45) is 8.90. The molecule has 9 heteroatoms. The molecule has 0 aliphatic heterocycles. The molecule has 1 fully saturated rings.